The van der Waals surface area contributed by atoms with Gasteiger partial charge in [-0.2, -0.15) is 5.26 Å². The lowest BCUT2D eigenvalue weighted by molar-refractivity contribution is -0.120. The Morgan fingerprint density at radius 1 is 1.32 bits per heavy atom. The number of thiophene rings is 1. The molecule has 3 rings (SSSR count). The first kappa shape index (κ1) is 20.3. The van der Waals surface area contributed by atoms with Gasteiger partial charge in [-0.15, -0.1) is 11.3 Å². The fraction of sp³-hybridized carbons (Fsp3) is 0.333. The minimum absolute atomic E-state index is 0.0183. The third kappa shape index (κ3) is 4.34. The van der Waals surface area contributed by atoms with E-state index >= 15 is 0 Å². The van der Waals surface area contributed by atoms with Crippen LogP contribution in [0, 0.1) is 24.2 Å². The second kappa shape index (κ2) is 8.29. The first-order valence-corrected chi connectivity index (χ1v) is 10.8. The maximum atomic E-state index is 12.4. The van der Waals surface area contributed by atoms with E-state index in [0.29, 0.717) is 5.82 Å². The number of hydrogen-bond donors (Lipinski definition) is 1. The zero-order valence-electron chi connectivity index (χ0n) is 16.3. The Labute approximate surface area is 173 Å². The van der Waals surface area contributed by atoms with Gasteiger partial charge in [-0.25, -0.2) is 9.97 Å². The fourth-order valence-electron chi connectivity index (χ4n) is 2.61. The van der Waals surface area contributed by atoms with Gasteiger partial charge in [-0.3, -0.25) is 4.79 Å². The van der Waals surface area contributed by atoms with E-state index in [1.165, 1.54) is 11.8 Å². The van der Waals surface area contributed by atoms with Crippen LogP contribution in [-0.4, -0.2) is 27.2 Å². The van der Waals surface area contributed by atoms with Crippen molar-refractivity contribution in [3.8, 4) is 16.5 Å². The summed E-state index contributed by atoms with van der Waals surface area (Å²) in [6.07, 6.45) is 0. The van der Waals surface area contributed by atoms with Crippen LogP contribution in [0.1, 0.15) is 26.6 Å². The summed E-state index contributed by atoms with van der Waals surface area (Å²) in [5, 5.41) is 14.0. The van der Waals surface area contributed by atoms with Crippen molar-refractivity contribution >= 4 is 39.2 Å². The van der Waals surface area contributed by atoms with Gasteiger partial charge in [-0.1, -0.05) is 55.9 Å². The standard InChI is InChI=1S/C21H22N4OS2/c1-13(2)21(4,12-22)25-18(26)11-27-19-16-10-17(15-8-6-5-7-9-15)28-20(16)24-14(3)23-19/h5-10,13H,11H2,1-4H3,(H,25,26)/t21-/m1/s1. The third-order valence-corrected chi connectivity index (χ3v) is 6.72. The molecule has 0 spiro atoms. The number of amides is 1. The lowest BCUT2D eigenvalue weighted by atomic mass is 9.90. The maximum absolute atomic E-state index is 12.4. The topological polar surface area (TPSA) is 78.7 Å². The molecule has 1 aromatic carbocycles. The smallest absolute Gasteiger partial charge is 0.231 e. The van der Waals surface area contributed by atoms with Crippen molar-refractivity contribution in [2.24, 2.45) is 5.92 Å². The van der Waals surface area contributed by atoms with Crippen molar-refractivity contribution in [2.75, 3.05) is 5.75 Å². The molecule has 0 saturated heterocycles. The molecule has 0 aliphatic heterocycles. The van der Waals surface area contributed by atoms with E-state index in [4.69, 9.17) is 0 Å². The summed E-state index contributed by atoms with van der Waals surface area (Å²) in [7, 11) is 0. The van der Waals surface area contributed by atoms with Crippen LogP contribution >= 0.6 is 23.1 Å². The fourth-order valence-corrected chi connectivity index (χ4v) is 4.61. The zero-order valence-corrected chi connectivity index (χ0v) is 17.9. The molecule has 1 N–H and O–H groups in total. The molecule has 7 heteroatoms. The Morgan fingerprint density at radius 2 is 2.04 bits per heavy atom. The van der Waals surface area contributed by atoms with Gasteiger partial charge < -0.3 is 5.32 Å². The summed E-state index contributed by atoms with van der Waals surface area (Å²) in [5.74, 6) is 0.725. The molecule has 0 bridgehead atoms. The number of thioether (sulfide) groups is 1. The van der Waals surface area contributed by atoms with Crippen molar-refractivity contribution in [1.82, 2.24) is 15.3 Å². The largest absolute Gasteiger partial charge is 0.337 e. The Bertz CT molecular complexity index is 1040. The molecule has 1 amide bonds. The van der Waals surface area contributed by atoms with Crippen molar-refractivity contribution in [2.45, 2.75) is 38.3 Å². The second-order valence-electron chi connectivity index (χ2n) is 7.08. The number of carbonyl (C=O) groups is 1. The normalized spacial score (nSPS) is 13.3. The summed E-state index contributed by atoms with van der Waals surface area (Å²) in [4.78, 5) is 23.6. The summed E-state index contributed by atoms with van der Waals surface area (Å²) in [6, 6.07) is 14.4. The number of nitrogens with one attached hydrogen (secondary N) is 1. The highest BCUT2D eigenvalue weighted by atomic mass is 32.2. The van der Waals surface area contributed by atoms with Gasteiger partial charge in [-0.05, 0) is 31.4 Å². The highest BCUT2D eigenvalue weighted by Gasteiger charge is 2.30. The van der Waals surface area contributed by atoms with Crippen molar-refractivity contribution in [1.29, 1.82) is 5.26 Å². The number of hydrogen-bond acceptors (Lipinski definition) is 6. The zero-order chi connectivity index (χ0) is 20.3. The number of aryl methyl sites for hydroxylation is 1. The van der Waals surface area contributed by atoms with E-state index in [1.807, 2.05) is 39.0 Å². The quantitative estimate of drug-likeness (QED) is 0.466. The van der Waals surface area contributed by atoms with Gasteiger partial charge in [0.2, 0.25) is 5.91 Å². The molecule has 2 aromatic heterocycles. The monoisotopic (exact) mass is 410 g/mol. The van der Waals surface area contributed by atoms with Gasteiger partial charge in [0, 0.05) is 10.3 Å². The summed E-state index contributed by atoms with van der Waals surface area (Å²) < 4.78 is 0. The van der Waals surface area contributed by atoms with E-state index in [-0.39, 0.29) is 17.6 Å². The van der Waals surface area contributed by atoms with Crippen molar-refractivity contribution in [3.05, 3.63) is 42.2 Å². The molecule has 0 unspecified atom stereocenters. The van der Waals surface area contributed by atoms with Crippen molar-refractivity contribution in [3.63, 3.8) is 0 Å². The number of carbonyl (C=O) groups excluding carboxylic acids is 1. The lowest BCUT2D eigenvalue weighted by Crippen LogP contribution is -2.49. The van der Waals surface area contributed by atoms with Crippen LogP contribution in [0.3, 0.4) is 0 Å². The maximum Gasteiger partial charge on any atom is 0.231 e. The van der Waals surface area contributed by atoms with Gasteiger partial charge in [0.25, 0.3) is 0 Å². The number of rotatable bonds is 6. The predicted molar refractivity (Wildman–Crippen MR) is 115 cm³/mol. The average molecular weight is 411 g/mol. The van der Waals surface area contributed by atoms with E-state index in [1.54, 1.807) is 18.3 Å². The highest BCUT2D eigenvalue weighted by Crippen LogP contribution is 2.36. The van der Waals surface area contributed by atoms with Gasteiger partial charge in [0.15, 0.2) is 0 Å². The van der Waals surface area contributed by atoms with E-state index in [2.05, 4.69) is 39.6 Å². The van der Waals surface area contributed by atoms with Crippen LogP contribution in [0.5, 0.6) is 0 Å². The molecule has 2 heterocycles. The lowest BCUT2D eigenvalue weighted by Gasteiger charge is -2.27. The Kier molecular flexibility index (Phi) is 6.01. The molecular formula is C21H22N4OS2. The number of benzene rings is 1. The Hall–Kier alpha value is -2.43. The van der Waals surface area contributed by atoms with Gasteiger partial charge >= 0.3 is 0 Å². The summed E-state index contributed by atoms with van der Waals surface area (Å²) in [6.45, 7) is 7.45. The minimum atomic E-state index is -0.878. The van der Waals surface area contributed by atoms with Crippen LogP contribution < -0.4 is 5.32 Å². The Balaban J connectivity index is 1.82. The molecule has 5 nitrogen and oxygen atoms in total. The van der Waals surface area contributed by atoms with Crippen LogP contribution in [0.4, 0.5) is 0 Å². The second-order valence-corrected chi connectivity index (χ2v) is 9.07. The molecule has 1 atom stereocenters. The Morgan fingerprint density at radius 3 is 2.68 bits per heavy atom. The molecule has 0 aliphatic rings. The average Bonchev–Trinajstić information content (AvgIpc) is 3.10. The number of aromatic nitrogens is 2. The molecule has 3 aromatic rings. The van der Waals surface area contributed by atoms with E-state index in [0.717, 1.165) is 25.7 Å². The first-order chi connectivity index (χ1) is 13.3. The molecule has 0 aliphatic carbocycles. The first-order valence-electron chi connectivity index (χ1n) is 9.01. The van der Waals surface area contributed by atoms with Crippen LogP contribution in [0.15, 0.2) is 41.4 Å². The minimum Gasteiger partial charge on any atom is -0.337 e. The van der Waals surface area contributed by atoms with Crippen molar-refractivity contribution < 1.29 is 4.79 Å². The molecular weight excluding hydrogens is 388 g/mol. The van der Waals surface area contributed by atoms with E-state index in [9.17, 15) is 10.1 Å². The summed E-state index contributed by atoms with van der Waals surface area (Å²) in [5.41, 5.74) is 0.260. The van der Waals surface area contributed by atoms with Crippen LogP contribution in [0.25, 0.3) is 20.7 Å². The SMILES string of the molecule is Cc1nc(SCC(=O)N[C@](C)(C#N)C(C)C)c2cc(-c3ccccc3)sc2n1. The van der Waals surface area contributed by atoms with Gasteiger partial charge in [0.05, 0.1) is 11.8 Å². The van der Waals surface area contributed by atoms with Crippen LogP contribution in [-0.2, 0) is 4.79 Å². The number of nitrogens with zero attached hydrogens (tertiary/aromatic N) is 3. The third-order valence-electron chi connectivity index (χ3n) is 4.65. The number of nitriles is 1. The predicted octanol–water partition coefficient (Wildman–Crippen LogP) is 4.81. The molecule has 0 saturated carbocycles. The summed E-state index contributed by atoms with van der Waals surface area (Å²) >= 11 is 3.00. The van der Waals surface area contributed by atoms with Gasteiger partial charge in [0.1, 0.15) is 21.2 Å². The highest BCUT2D eigenvalue weighted by molar-refractivity contribution is 8.00. The van der Waals surface area contributed by atoms with E-state index < -0.39 is 5.54 Å². The molecule has 144 valence electrons. The number of fused-ring (bicyclic) bond motifs is 1. The molecule has 0 radical (unpaired) electrons. The van der Waals surface area contributed by atoms with Crippen LogP contribution in [0.2, 0.25) is 0 Å². The molecule has 0 fully saturated rings. The molecule has 28 heavy (non-hydrogen) atoms.